The second-order valence-corrected chi connectivity index (χ2v) is 3.54. The summed E-state index contributed by atoms with van der Waals surface area (Å²) < 4.78 is 2.00. The number of aryl methyl sites for hydroxylation is 1. The summed E-state index contributed by atoms with van der Waals surface area (Å²) in [6, 6.07) is 0.393. The number of nitrogens with zero attached hydrogens (tertiary/aromatic N) is 2. The van der Waals surface area contributed by atoms with E-state index >= 15 is 0 Å². The highest BCUT2D eigenvalue weighted by molar-refractivity contribution is 5.22. The average Bonchev–Trinajstić information content (AvgIpc) is 2.62. The van der Waals surface area contributed by atoms with Crippen molar-refractivity contribution >= 4 is 0 Å². The minimum Gasteiger partial charge on any atom is -0.327 e. The fourth-order valence-corrected chi connectivity index (χ4v) is 1.52. The number of nitrogens with two attached hydrogens (primary N) is 1. The first kappa shape index (κ1) is 7.80. The van der Waals surface area contributed by atoms with Gasteiger partial charge in [0.15, 0.2) is 0 Å². The van der Waals surface area contributed by atoms with E-state index in [2.05, 4.69) is 18.2 Å². The van der Waals surface area contributed by atoms with Crippen molar-refractivity contribution in [3.8, 4) is 0 Å². The SMILES string of the molecule is CCCn1cc([C@H]2C[C@@H]2N)cn1. The molecule has 1 aromatic rings. The Morgan fingerprint density at radius 3 is 3.08 bits per heavy atom. The van der Waals surface area contributed by atoms with Crippen LogP contribution in [0.5, 0.6) is 0 Å². The molecular formula is C9H15N3. The molecule has 3 heteroatoms. The van der Waals surface area contributed by atoms with Crippen molar-refractivity contribution in [3.63, 3.8) is 0 Å². The third kappa shape index (κ3) is 1.37. The zero-order valence-electron chi connectivity index (χ0n) is 7.40. The molecule has 0 amide bonds. The van der Waals surface area contributed by atoms with Crippen LogP contribution in [0.4, 0.5) is 0 Å². The summed E-state index contributed by atoms with van der Waals surface area (Å²) in [7, 11) is 0. The molecule has 1 aromatic heterocycles. The molecule has 0 unspecified atom stereocenters. The van der Waals surface area contributed by atoms with Crippen LogP contribution in [-0.4, -0.2) is 15.8 Å². The zero-order chi connectivity index (χ0) is 8.55. The Labute approximate surface area is 72.6 Å². The Kier molecular flexibility index (Phi) is 1.89. The van der Waals surface area contributed by atoms with E-state index in [1.54, 1.807) is 0 Å². The molecule has 0 saturated heterocycles. The summed E-state index contributed by atoms with van der Waals surface area (Å²) in [5.74, 6) is 0.593. The van der Waals surface area contributed by atoms with Crippen LogP contribution in [0.2, 0.25) is 0 Å². The van der Waals surface area contributed by atoms with Crippen molar-refractivity contribution in [2.75, 3.05) is 0 Å². The van der Waals surface area contributed by atoms with Crippen LogP contribution in [0, 0.1) is 0 Å². The van der Waals surface area contributed by atoms with E-state index in [0.717, 1.165) is 19.4 Å². The summed E-state index contributed by atoms with van der Waals surface area (Å²) in [5, 5.41) is 4.26. The second-order valence-electron chi connectivity index (χ2n) is 3.54. The molecule has 0 radical (unpaired) electrons. The zero-order valence-corrected chi connectivity index (χ0v) is 7.40. The number of hydrogen-bond donors (Lipinski definition) is 1. The monoisotopic (exact) mass is 165 g/mol. The maximum absolute atomic E-state index is 5.74. The van der Waals surface area contributed by atoms with Crippen LogP contribution in [0.1, 0.15) is 31.2 Å². The van der Waals surface area contributed by atoms with E-state index in [0.29, 0.717) is 12.0 Å². The predicted octanol–water partition coefficient (Wildman–Crippen LogP) is 1.11. The highest BCUT2D eigenvalue weighted by Gasteiger charge is 2.35. The molecule has 1 saturated carbocycles. The van der Waals surface area contributed by atoms with Gasteiger partial charge < -0.3 is 5.73 Å². The van der Waals surface area contributed by atoms with Crippen LogP contribution in [0.25, 0.3) is 0 Å². The van der Waals surface area contributed by atoms with E-state index in [1.807, 2.05) is 10.9 Å². The van der Waals surface area contributed by atoms with Gasteiger partial charge in [-0.15, -0.1) is 0 Å². The van der Waals surface area contributed by atoms with Gasteiger partial charge in [-0.2, -0.15) is 5.10 Å². The third-order valence-electron chi connectivity index (χ3n) is 2.37. The molecule has 1 aliphatic rings. The first-order valence-electron chi connectivity index (χ1n) is 4.59. The van der Waals surface area contributed by atoms with E-state index in [4.69, 9.17) is 5.73 Å². The minimum atomic E-state index is 0.393. The van der Waals surface area contributed by atoms with Gasteiger partial charge in [0.25, 0.3) is 0 Å². The van der Waals surface area contributed by atoms with Crippen LogP contribution in [0.3, 0.4) is 0 Å². The largest absolute Gasteiger partial charge is 0.327 e. The summed E-state index contributed by atoms with van der Waals surface area (Å²) in [6.45, 7) is 3.17. The molecule has 0 aliphatic heterocycles. The van der Waals surface area contributed by atoms with Crippen molar-refractivity contribution in [3.05, 3.63) is 18.0 Å². The van der Waals surface area contributed by atoms with E-state index < -0.39 is 0 Å². The second kappa shape index (κ2) is 2.90. The standard InChI is InChI=1S/C9H15N3/c1-2-3-12-6-7(5-11-12)8-4-9(8)10/h5-6,8-9H,2-4,10H2,1H3/t8-,9+/m1/s1. The van der Waals surface area contributed by atoms with Crippen molar-refractivity contribution in [2.24, 2.45) is 5.73 Å². The van der Waals surface area contributed by atoms with Gasteiger partial charge in [-0.05, 0) is 18.4 Å². The first-order chi connectivity index (χ1) is 5.81. The Balaban J connectivity index is 2.04. The maximum Gasteiger partial charge on any atom is 0.0525 e. The molecule has 0 aromatic carbocycles. The predicted molar refractivity (Wildman–Crippen MR) is 47.9 cm³/mol. The number of rotatable bonds is 3. The molecule has 66 valence electrons. The van der Waals surface area contributed by atoms with E-state index in [1.165, 1.54) is 5.56 Å². The number of hydrogen-bond acceptors (Lipinski definition) is 2. The Bertz CT molecular complexity index is 266. The average molecular weight is 165 g/mol. The summed E-state index contributed by atoms with van der Waals surface area (Å²) in [6.07, 6.45) is 6.35. The van der Waals surface area contributed by atoms with Gasteiger partial charge in [-0.25, -0.2) is 0 Å². The van der Waals surface area contributed by atoms with Gasteiger partial charge in [-0.1, -0.05) is 6.92 Å². The Morgan fingerprint density at radius 1 is 1.75 bits per heavy atom. The highest BCUT2D eigenvalue weighted by atomic mass is 15.3. The lowest BCUT2D eigenvalue weighted by Crippen LogP contribution is -2.00. The fraction of sp³-hybridized carbons (Fsp3) is 0.667. The highest BCUT2D eigenvalue weighted by Crippen LogP contribution is 2.38. The normalized spacial score (nSPS) is 27.5. The smallest absolute Gasteiger partial charge is 0.0525 e. The van der Waals surface area contributed by atoms with Gasteiger partial charge in [0.05, 0.1) is 6.20 Å². The van der Waals surface area contributed by atoms with Gasteiger partial charge in [0.1, 0.15) is 0 Å². The van der Waals surface area contributed by atoms with E-state index in [-0.39, 0.29) is 0 Å². The topological polar surface area (TPSA) is 43.8 Å². The summed E-state index contributed by atoms with van der Waals surface area (Å²) >= 11 is 0. The van der Waals surface area contributed by atoms with Crippen molar-refractivity contribution < 1.29 is 0 Å². The molecule has 2 atom stereocenters. The molecule has 12 heavy (non-hydrogen) atoms. The van der Waals surface area contributed by atoms with Crippen LogP contribution in [-0.2, 0) is 6.54 Å². The lowest BCUT2D eigenvalue weighted by atomic mass is 10.2. The molecule has 0 bridgehead atoms. The molecule has 1 aliphatic carbocycles. The molecule has 3 nitrogen and oxygen atoms in total. The van der Waals surface area contributed by atoms with Crippen molar-refractivity contribution in [1.82, 2.24) is 9.78 Å². The lowest BCUT2D eigenvalue weighted by molar-refractivity contribution is 0.602. The Hall–Kier alpha value is -0.830. The fourth-order valence-electron chi connectivity index (χ4n) is 1.52. The van der Waals surface area contributed by atoms with Crippen LogP contribution in [0.15, 0.2) is 12.4 Å². The van der Waals surface area contributed by atoms with Gasteiger partial charge >= 0.3 is 0 Å². The maximum atomic E-state index is 5.74. The molecule has 1 fully saturated rings. The van der Waals surface area contributed by atoms with Crippen LogP contribution >= 0.6 is 0 Å². The molecule has 2 N–H and O–H groups in total. The molecule has 0 spiro atoms. The number of aromatic nitrogens is 2. The van der Waals surface area contributed by atoms with Crippen molar-refractivity contribution in [2.45, 2.75) is 38.3 Å². The lowest BCUT2D eigenvalue weighted by Gasteiger charge is -1.94. The summed E-state index contributed by atoms with van der Waals surface area (Å²) in [4.78, 5) is 0. The molecular weight excluding hydrogens is 150 g/mol. The molecule has 1 heterocycles. The quantitative estimate of drug-likeness (QED) is 0.729. The van der Waals surface area contributed by atoms with E-state index in [9.17, 15) is 0 Å². The van der Waals surface area contributed by atoms with Gasteiger partial charge in [-0.3, -0.25) is 4.68 Å². The molecule has 2 rings (SSSR count). The minimum absolute atomic E-state index is 0.393. The first-order valence-corrected chi connectivity index (χ1v) is 4.59. The third-order valence-corrected chi connectivity index (χ3v) is 2.37. The Morgan fingerprint density at radius 2 is 2.50 bits per heavy atom. The van der Waals surface area contributed by atoms with Gasteiger partial charge in [0.2, 0.25) is 0 Å². The summed E-state index contributed by atoms with van der Waals surface area (Å²) in [5.41, 5.74) is 7.06. The van der Waals surface area contributed by atoms with Gasteiger partial charge in [0, 0.05) is 24.7 Å². The van der Waals surface area contributed by atoms with Crippen molar-refractivity contribution in [1.29, 1.82) is 0 Å². The van der Waals surface area contributed by atoms with Crippen LogP contribution < -0.4 is 5.73 Å².